The Morgan fingerprint density at radius 3 is 2.89 bits per heavy atom. The van der Waals surface area contributed by atoms with Crippen LogP contribution in [0.3, 0.4) is 0 Å². The molecule has 1 saturated heterocycles. The highest BCUT2D eigenvalue weighted by molar-refractivity contribution is 5.42. The first-order valence-corrected chi connectivity index (χ1v) is 6.64. The van der Waals surface area contributed by atoms with Crippen molar-refractivity contribution in [2.24, 2.45) is 0 Å². The van der Waals surface area contributed by atoms with Crippen molar-refractivity contribution in [1.82, 2.24) is 9.88 Å². The summed E-state index contributed by atoms with van der Waals surface area (Å²) in [5, 5.41) is 8.88. The molecule has 0 aromatic carbocycles. The van der Waals surface area contributed by atoms with E-state index in [1.165, 1.54) is 6.42 Å². The Morgan fingerprint density at radius 2 is 2.22 bits per heavy atom. The molecule has 0 N–H and O–H groups in total. The maximum absolute atomic E-state index is 8.88. The lowest BCUT2D eigenvalue weighted by Gasteiger charge is -2.26. The number of likely N-dealkylation sites (N-methyl/N-ethyl adjacent to an activating group) is 1. The molecule has 0 aliphatic carbocycles. The number of aromatic nitrogens is 1. The lowest BCUT2D eigenvalue weighted by atomic mass is 10.2. The van der Waals surface area contributed by atoms with Gasteiger partial charge in [-0.3, -0.25) is 4.90 Å². The zero-order chi connectivity index (χ0) is 13.0. The van der Waals surface area contributed by atoms with E-state index < -0.39 is 0 Å². The van der Waals surface area contributed by atoms with E-state index >= 15 is 0 Å². The highest BCUT2D eigenvalue weighted by Gasteiger charge is 2.26. The average Bonchev–Trinajstić information content (AvgIpc) is 2.90. The standard InChI is InChI=1S/C14H20N4/c1-3-17(4-2)13-8-9-18(11-13)14-7-5-6-12(10-15)16-14/h5-7,13H,3-4,8-9,11H2,1-2H3. The monoisotopic (exact) mass is 244 g/mol. The third kappa shape index (κ3) is 2.62. The number of nitriles is 1. The maximum Gasteiger partial charge on any atom is 0.142 e. The molecule has 2 heterocycles. The number of pyridine rings is 1. The highest BCUT2D eigenvalue weighted by atomic mass is 15.3. The number of anilines is 1. The van der Waals surface area contributed by atoms with E-state index in [1.54, 1.807) is 6.07 Å². The molecule has 0 bridgehead atoms. The summed E-state index contributed by atoms with van der Waals surface area (Å²) in [6.07, 6.45) is 1.18. The zero-order valence-electron chi connectivity index (χ0n) is 11.1. The molecule has 1 atom stereocenters. The molecule has 18 heavy (non-hydrogen) atoms. The molecule has 1 fully saturated rings. The largest absolute Gasteiger partial charge is 0.355 e. The molecule has 96 valence electrons. The molecule has 1 aliphatic heterocycles. The van der Waals surface area contributed by atoms with Crippen molar-refractivity contribution in [3.63, 3.8) is 0 Å². The quantitative estimate of drug-likeness (QED) is 0.811. The molecule has 0 spiro atoms. The van der Waals surface area contributed by atoms with Gasteiger partial charge in [-0.05, 0) is 31.6 Å². The van der Waals surface area contributed by atoms with E-state index in [2.05, 4.69) is 34.7 Å². The van der Waals surface area contributed by atoms with Crippen LogP contribution in [0.15, 0.2) is 18.2 Å². The topological polar surface area (TPSA) is 43.2 Å². The summed E-state index contributed by atoms with van der Waals surface area (Å²) >= 11 is 0. The van der Waals surface area contributed by atoms with Crippen LogP contribution in [0.25, 0.3) is 0 Å². The van der Waals surface area contributed by atoms with Gasteiger partial charge in [0.05, 0.1) is 0 Å². The van der Waals surface area contributed by atoms with Gasteiger partial charge in [-0.2, -0.15) is 5.26 Å². The van der Waals surface area contributed by atoms with Gasteiger partial charge in [-0.15, -0.1) is 0 Å². The SMILES string of the molecule is CCN(CC)C1CCN(c2cccc(C#N)n2)C1. The summed E-state index contributed by atoms with van der Waals surface area (Å²) in [6.45, 7) is 8.66. The van der Waals surface area contributed by atoms with Gasteiger partial charge in [0.15, 0.2) is 0 Å². The van der Waals surface area contributed by atoms with Crippen LogP contribution in [-0.2, 0) is 0 Å². The highest BCUT2D eigenvalue weighted by Crippen LogP contribution is 2.21. The molecule has 1 aliphatic rings. The van der Waals surface area contributed by atoms with Crippen LogP contribution in [0, 0.1) is 11.3 Å². The zero-order valence-corrected chi connectivity index (χ0v) is 11.1. The number of nitrogens with zero attached hydrogens (tertiary/aromatic N) is 4. The maximum atomic E-state index is 8.88. The molecule has 2 rings (SSSR count). The van der Waals surface area contributed by atoms with Crippen LogP contribution >= 0.6 is 0 Å². The molecule has 1 aromatic heterocycles. The van der Waals surface area contributed by atoms with E-state index in [0.717, 1.165) is 32.0 Å². The summed E-state index contributed by atoms with van der Waals surface area (Å²) in [4.78, 5) is 9.14. The van der Waals surface area contributed by atoms with E-state index in [1.807, 2.05) is 12.1 Å². The number of rotatable bonds is 4. The first-order valence-electron chi connectivity index (χ1n) is 6.64. The molecular formula is C14H20N4. The fraction of sp³-hybridized carbons (Fsp3) is 0.571. The minimum absolute atomic E-state index is 0.499. The molecule has 4 heteroatoms. The summed E-state index contributed by atoms with van der Waals surface area (Å²) in [5.41, 5.74) is 0.499. The minimum atomic E-state index is 0.499. The van der Waals surface area contributed by atoms with E-state index in [0.29, 0.717) is 11.7 Å². The Balaban J connectivity index is 2.06. The lowest BCUT2D eigenvalue weighted by Crippen LogP contribution is -2.37. The Kier molecular flexibility index (Phi) is 4.16. The lowest BCUT2D eigenvalue weighted by molar-refractivity contribution is 0.232. The van der Waals surface area contributed by atoms with Crippen LogP contribution in [0.5, 0.6) is 0 Å². The van der Waals surface area contributed by atoms with Gasteiger partial charge >= 0.3 is 0 Å². The van der Waals surface area contributed by atoms with E-state index in [-0.39, 0.29) is 0 Å². The van der Waals surface area contributed by atoms with Crippen LogP contribution in [0.1, 0.15) is 26.0 Å². The van der Waals surface area contributed by atoms with Crippen molar-refractivity contribution in [3.05, 3.63) is 23.9 Å². The molecule has 1 unspecified atom stereocenters. The second kappa shape index (κ2) is 5.83. The van der Waals surface area contributed by atoms with Gasteiger partial charge in [-0.25, -0.2) is 4.98 Å². The third-order valence-electron chi connectivity index (χ3n) is 3.67. The normalized spacial score (nSPS) is 19.2. The van der Waals surface area contributed by atoms with Crippen LogP contribution in [-0.4, -0.2) is 42.1 Å². The summed E-state index contributed by atoms with van der Waals surface area (Å²) < 4.78 is 0. The van der Waals surface area contributed by atoms with Crippen molar-refractivity contribution >= 4 is 5.82 Å². The van der Waals surface area contributed by atoms with Gasteiger partial charge in [0, 0.05) is 19.1 Å². The minimum Gasteiger partial charge on any atom is -0.355 e. The number of hydrogen-bond donors (Lipinski definition) is 0. The number of hydrogen-bond acceptors (Lipinski definition) is 4. The molecule has 4 nitrogen and oxygen atoms in total. The van der Waals surface area contributed by atoms with Gasteiger partial charge in [-0.1, -0.05) is 19.9 Å². The first-order chi connectivity index (χ1) is 8.78. The summed E-state index contributed by atoms with van der Waals surface area (Å²) in [5.74, 6) is 0.934. The van der Waals surface area contributed by atoms with Crippen molar-refractivity contribution in [3.8, 4) is 6.07 Å². The molecule has 0 saturated carbocycles. The molecule has 0 amide bonds. The van der Waals surface area contributed by atoms with Crippen LogP contribution in [0.4, 0.5) is 5.82 Å². The third-order valence-corrected chi connectivity index (χ3v) is 3.67. The first kappa shape index (κ1) is 12.8. The van der Waals surface area contributed by atoms with Crippen LogP contribution < -0.4 is 4.90 Å². The summed E-state index contributed by atoms with van der Waals surface area (Å²) in [7, 11) is 0. The fourth-order valence-corrected chi connectivity index (χ4v) is 2.65. The van der Waals surface area contributed by atoms with Gasteiger partial charge < -0.3 is 4.90 Å². The van der Waals surface area contributed by atoms with Gasteiger partial charge in [0.1, 0.15) is 17.6 Å². The molecular weight excluding hydrogens is 224 g/mol. The fourth-order valence-electron chi connectivity index (χ4n) is 2.65. The smallest absolute Gasteiger partial charge is 0.142 e. The summed E-state index contributed by atoms with van der Waals surface area (Å²) in [6, 6.07) is 8.37. The van der Waals surface area contributed by atoms with E-state index in [4.69, 9.17) is 5.26 Å². The predicted molar refractivity (Wildman–Crippen MR) is 72.5 cm³/mol. The Morgan fingerprint density at radius 1 is 1.44 bits per heavy atom. The van der Waals surface area contributed by atoms with E-state index in [9.17, 15) is 0 Å². The Labute approximate surface area is 109 Å². The molecule has 1 aromatic rings. The van der Waals surface area contributed by atoms with Crippen molar-refractivity contribution in [1.29, 1.82) is 5.26 Å². The van der Waals surface area contributed by atoms with Gasteiger partial charge in [0.25, 0.3) is 0 Å². The van der Waals surface area contributed by atoms with Crippen molar-refractivity contribution in [2.45, 2.75) is 26.3 Å². The Bertz CT molecular complexity index is 434. The predicted octanol–water partition coefficient (Wildman–Crippen LogP) is 1.87. The van der Waals surface area contributed by atoms with Gasteiger partial charge in [0.2, 0.25) is 0 Å². The van der Waals surface area contributed by atoms with Crippen molar-refractivity contribution in [2.75, 3.05) is 31.1 Å². The second-order valence-corrected chi connectivity index (χ2v) is 4.60. The molecule has 0 radical (unpaired) electrons. The average molecular weight is 244 g/mol. The second-order valence-electron chi connectivity index (χ2n) is 4.60. The van der Waals surface area contributed by atoms with Crippen molar-refractivity contribution < 1.29 is 0 Å². The van der Waals surface area contributed by atoms with Crippen LogP contribution in [0.2, 0.25) is 0 Å². The Hall–Kier alpha value is -1.60.